The molecular weight excluding hydrogens is 288 g/mol. The second-order valence-corrected chi connectivity index (χ2v) is 4.21. The van der Waals surface area contributed by atoms with Gasteiger partial charge in [-0.05, 0) is 17.6 Å². The van der Waals surface area contributed by atoms with Gasteiger partial charge in [-0.2, -0.15) is 0 Å². The summed E-state index contributed by atoms with van der Waals surface area (Å²) in [6, 6.07) is 10.3. The minimum Gasteiger partial charge on any atom is -0.378 e. The van der Waals surface area contributed by atoms with Gasteiger partial charge in [-0.1, -0.05) is 18.2 Å². The highest BCUT2D eigenvalue weighted by atomic mass is 19.2. The van der Waals surface area contributed by atoms with Gasteiger partial charge in [-0.25, -0.2) is 22.0 Å². The summed E-state index contributed by atoms with van der Waals surface area (Å²) in [5.74, 6) is -10.3. The Balaban J connectivity index is 0.000000219. The highest BCUT2D eigenvalue weighted by Crippen LogP contribution is 2.14. The van der Waals surface area contributed by atoms with Gasteiger partial charge in [0, 0.05) is 19.8 Å². The fourth-order valence-electron chi connectivity index (χ4n) is 1.35. The van der Waals surface area contributed by atoms with E-state index in [0.29, 0.717) is 0 Å². The van der Waals surface area contributed by atoms with Crippen LogP contribution in [0.1, 0.15) is 0 Å². The van der Waals surface area contributed by atoms with Crippen LogP contribution in [0.25, 0.3) is 0 Å². The van der Waals surface area contributed by atoms with Crippen molar-refractivity contribution < 1.29 is 22.0 Å². The van der Waals surface area contributed by atoms with Gasteiger partial charge in [-0.15, -0.1) is 0 Å². The van der Waals surface area contributed by atoms with Gasteiger partial charge >= 0.3 is 0 Å². The molecule has 21 heavy (non-hydrogen) atoms. The van der Waals surface area contributed by atoms with E-state index in [1.165, 1.54) is 5.69 Å². The normalized spacial score (nSPS) is 9.86. The lowest BCUT2D eigenvalue weighted by atomic mass is 9.94. The SMILES string of the molecule is CN(C)c1ccccc1.[B]c1c(F)c(F)c(F)c(F)c1F. The molecule has 0 saturated carbocycles. The Hall–Kier alpha value is -2.05. The molecule has 0 aliphatic carbocycles. The maximum atomic E-state index is 12.3. The molecule has 2 rings (SSSR count). The first kappa shape index (κ1) is 17.0. The van der Waals surface area contributed by atoms with Gasteiger partial charge in [0.05, 0.1) is 0 Å². The highest BCUT2D eigenvalue weighted by Gasteiger charge is 2.22. The Morgan fingerprint density at radius 2 is 1.10 bits per heavy atom. The lowest BCUT2D eigenvalue weighted by Crippen LogP contribution is -2.20. The number of para-hydroxylation sites is 1. The van der Waals surface area contributed by atoms with Crippen molar-refractivity contribution in [3.63, 3.8) is 0 Å². The van der Waals surface area contributed by atoms with Gasteiger partial charge < -0.3 is 4.90 Å². The van der Waals surface area contributed by atoms with Crippen LogP contribution in [0.15, 0.2) is 30.3 Å². The summed E-state index contributed by atoms with van der Waals surface area (Å²) < 4.78 is 61.1. The number of benzene rings is 2. The standard InChI is InChI=1S/C8H11N.C6BF5/c1-9(2)8-6-4-3-5-7-8;7-1-2(8)4(10)6(12)5(11)3(1)9/h3-7H,1-2H3;. The summed E-state index contributed by atoms with van der Waals surface area (Å²) in [5.41, 5.74) is -0.121. The summed E-state index contributed by atoms with van der Waals surface area (Å²) in [6.45, 7) is 0. The lowest BCUT2D eigenvalue weighted by molar-refractivity contribution is 0.384. The first-order valence-corrected chi connectivity index (χ1v) is 5.76. The van der Waals surface area contributed by atoms with Crippen molar-refractivity contribution in [1.29, 1.82) is 0 Å². The molecule has 2 aromatic carbocycles. The lowest BCUT2D eigenvalue weighted by Gasteiger charge is -2.10. The van der Waals surface area contributed by atoms with Crippen LogP contribution in [0, 0.1) is 29.1 Å². The number of rotatable bonds is 1. The minimum absolute atomic E-state index is 1.25. The molecule has 0 bridgehead atoms. The van der Waals surface area contributed by atoms with Gasteiger partial charge in [-0.3, -0.25) is 0 Å². The molecule has 0 amide bonds. The molecule has 1 nitrogen and oxygen atoms in total. The zero-order chi connectivity index (χ0) is 16.2. The van der Waals surface area contributed by atoms with E-state index in [1.807, 2.05) is 32.3 Å². The zero-order valence-corrected chi connectivity index (χ0v) is 11.3. The number of halogens is 5. The molecule has 0 aliphatic heterocycles. The van der Waals surface area contributed by atoms with Crippen LogP contribution in [-0.2, 0) is 0 Å². The van der Waals surface area contributed by atoms with E-state index in [-0.39, 0.29) is 0 Å². The molecule has 2 aromatic rings. The summed E-state index contributed by atoms with van der Waals surface area (Å²) in [6.07, 6.45) is 0. The molecule has 0 N–H and O–H groups in total. The van der Waals surface area contributed by atoms with Crippen LogP contribution in [0.4, 0.5) is 27.6 Å². The van der Waals surface area contributed by atoms with Crippen molar-refractivity contribution in [3.8, 4) is 0 Å². The van der Waals surface area contributed by atoms with Crippen LogP contribution in [0.5, 0.6) is 0 Å². The van der Waals surface area contributed by atoms with Crippen molar-refractivity contribution in [2.24, 2.45) is 0 Å². The largest absolute Gasteiger partial charge is 0.378 e. The molecule has 0 aromatic heterocycles. The Bertz CT molecular complexity index is 512. The maximum absolute atomic E-state index is 12.3. The van der Waals surface area contributed by atoms with E-state index in [9.17, 15) is 22.0 Å². The number of nitrogens with zero attached hydrogens (tertiary/aromatic N) is 1. The molecule has 0 heterocycles. The maximum Gasteiger partial charge on any atom is 0.200 e. The average molecular weight is 299 g/mol. The molecule has 0 spiro atoms. The molecule has 2 radical (unpaired) electrons. The van der Waals surface area contributed by atoms with Gasteiger partial charge in [0.1, 0.15) is 7.85 Å². The zero-order valence-electron chi connectivity index (χ0n) is 11.3. The monoisotopic (exact) mass is 299 g/mol. The fourth-order valence-corrected chi connectivity index (χ4v) is 1.35. The third-order valence-corrected chi connectivity index (χ3v) is 2.52. The van der Waals surface area contributed by atoms with Crippen molar-refractivity contribution in [1.82, 2.24) is 0 Å². The average Bonchev–Trinajstić information content (AvgIpc) is 2.50. The Morgan fingerprint density at radius 3 is 1.43 bits per heavy atom. The molecule has 0 aliphatic rings. The number of hydrogen-bond donors (Lipinski definition) is 0. The molecule has 0 unspecified atom stereocenters. The molecule has 0 fully saturated rings. The Labute approximate surface area is 120 Å². The smallest absolute Gasteiger partial charge is 0.200 e. The molecule has 0 saturated heterocycles. The Kier molecular flexibility index (Phi) is 5.75. The third kappa shape index (κ3) is 3.96. The highest BCUT2D eigenvalue weighted by molar-refractivity contribution is 6.32. The topological polar surface area (TPSA) is 3.24 Å². The van der Waals surface area contributed by atoms with Crippen molar-refractivity contribution in [2.75, 3.05) is 19.0 Å². The van der Waals surface area contributed by atoms with E-state index in [4.69, 9.17) is 0 Å². The van der Waals surface area contributed by atoms with E-state index in [2.05, 4.69) is 24.9 Å². The third-order valence-electron chi connectivity index (χ3n) is 2.52. The first-order chi connectivity index (χ1) is 9.77. The van der Waals surface area contributed by atoms with Crippen molar-refractivity contribution >= 4 is 19.0 Å². The van der Waals surface area contributed by atoms with E-state index < -0.39 is 34.5 Å². The Morgan fingerprint density at radius 1 is 0.714 bits per heavy atom. The van der Waals surface area contributed by atoms with Crippen LogP contribution in [-0.4, -0.2) is 21.9 Å². The number of hydrogen-bond acceptors (Lipinski definition) is 1. The molecule has 7 heteroatoms. The molecular formula is C14H11BF5N. The van der Waals surface area contributed by atoms with Gasteiger partial charge in [0.25, 0.3) is 0 Å². The van der Waals surface area contributed by atoms with Gasteiger partial charge in [0.15, 0.2) is 29.1 Å². The van der Waals surface area contributed by atoms with Crippen molar-refractivity contribution in [2.45, 2.75) is 0 Å². The van der Waals surface area contributed by atoms with E-state index >= 15 is 0 Å². The van der Waals surface area contributed by atoms with E-state index in [1.54, 1.807) is 0 Å². The predicted molar refractivity (Wildman–Crippen MR) is 72.4 cm³/mol. The summed E-state index contributed by atoms with van der Waals surface area (Å²) in [7, 11) is 8.63. The van der Waals surface area contributed by atoms with Crippen LogP contribution < -0.4 is 10.4 Å². The van der Waals surface area contributed by atoms with Crippen LogP contribution in [0.2, 0.25) is 0 Å². The minimum atomic E-state index is -2.21. The second kappa shape index (κ2) is 7.10. The predicted octanol–water partition coefficient (Wildman–Crippen LogP) is 2.93. The summed E-state index contributed by atoms with van der Waals surface area (Å²) in [5, 5.41) is 0. The summed E-state index contributed by atoms with van der Waals surface area (Å²) >= 11 is 0. The van der Waals surface area contributed by atoms with Crippen molar-refractivity contribution in [3.05, 3.63) is 59.4 Å². The quantitative estimate of drug-likeness (QED) is 0.339. The van der Waals surface area contributed by atoms with Crippen LogP contribution in [0.3, 0.4) is 0 Å². The summed E-state index contributed by atoms with van der Waals surface area (Å²) in [4.78, 5) is 2.08. The number of anilines is 1. The van der Waals surface area contributed by atoms with Crippen LogP contribution >= 0.6 is 0 Å². The second-order valence-electron chi connectivity index (χ2n) is 4.21. The first-order valence-electron chi connectivity index (χ1n) is 5.76. The molecule has 110 valence electrons. The van der Waals surface area contributed by atoms with E-state index in [0.717, 1.165) is 0 Å². The fraction of sp³-hybridized carbons (Fsp3) is 0.143. The van der Waals surface area contributed by atoms with Gasteiger partial charge in [0.2, 0.25) is 0 Å². The molecule has 0 atom stereocenters.